The van der Waals surface area contributed by atoms with Crippen LogP contribution in [0.3, 0.4) is 0 Å². The number of hydrogen-bond donors (Lipinski definition) is 3. The van der Waals surface area contributed by atoms with E-state index in [0.29, 0.717) is 6.54 Å². The molecule has 2 amide bonds. The van der Waals surface area contributed by atoms with Crippen LogP contribution in [0, 0.1) is 5.82 Å². The molecule has 0 spiro atoms. The molecule has 0 aliphatic rings. The quantitative estimate of drug-likeness (QED) is 0.776. The number of carbonyl (C=O) groups excluding carboxylic acids is 1. The van der Waals surface area contributed by atoms with Crippen LogP contribution < -0.4 is 10.6 Å². The summed E-state index contributed by atoms with van der Waals surface area (Å²) in [5.41, 5.74) is -0.518. The highest BCUT2D eigenvalue weighted by Crippen LogP contribution is 2.17. The Balaban J connectivity index is 2.76. The minimum Gasteiger partial charge on any atom is -0.478 e. The number of nitrogens with zero attached hydrogens (tertiary/aromatic N) is 1. The van der Waals surface area contributed by atoms with Gasteiger partial charge >= 0.3 is 12.0 Å². The maximum absolute atomic E-state index is 13.2. The van der Waals surface area contributed by atoms with Gasteiger partial charge in [-0.25, -0.2) is 14.0 Å². The summed E-state index contributed by atoms with van der Waals surface area (Å²) in [4.78, 5) is 24.8. The molecule has 7 heteroatoms. The van der Waals surface area contributed by atoms with Crippen molar-refractivity contribution in [1.29, 1.82) is 0 Å². The smallest absolute Gasteiger partial charge is 0.337 e. The molecule has 1 aromatic carbocycles. The van der Waals surface area contributed by atoms with E-state index in [4.69, 9.17) is 5.11 Å². The summed E-state index contributed by atoms with van der Waals surface area (Å²) in [5.74, 6) is -1.86. The molecule has 21 heavy (non-hydrogen) atoms. The van der Waals surface area contributed by atoms with Gasteiger partial charge in [-0.2, -0.15) is 0 Å². The first kappa shape index (κ1) is 16.9. The van der Waals surface area contributed by atoms with Crippen LogP contribution in [0.4, 0.5) is 14.9 Å². The van der Waals surface area contributed by atoms with Gasteiger partial charge in [0.1, 0.15) is 5.82 Å². The molecule has 1 rings (SSSR count). The van der Waals surface area contributed by atoms with E-state index in [1.165, 1.54) is 0 Å². The van der Waals surface area contributed by atoms with E-state index in [1.54, 1.807) is 0 Å². The summed E-state index contributed by atoms with van der Waals surface area (Å²) in [6.07, 6.45) is 0. The van der Waals surface area contributed by atoms with Gasteiger partial charge in [-0.3, -0.25) is 0 Å². The molecule has 0 bridgehead atoms. The zero-order valence-corrected chi connectivity index (χ0v) is 12.5. The zero-order valence-electron chi connectivity index (χ0n) is 12.5. The van der Waals surface area contributed by atoms with Gasteiger partial charge in [-0.15, -0.1) is 0 Å². The van der Waals surface area contributed by atoms with Crippen molar-refractivity contribution in [3.05, 3.63) is 29.6 Å². The van der Waals surface area contributed by atoms with E-state index in [0.717, 1.165) is 18.2 Å². The lowest BCUT2D eigenvalue weighted by Gasteiger charge is -2.32. The zero-order chi connectivity index (χ0) is 16.2. The van der Waals surface area contributed by atoms with Crippen molar-refractivity contribution in [3.8, 4) is 0 Å². The van der Waals surface area contributed by atoms with Gasteiger partial charge in [-0.1, -0.05) is 0 Å². The van der Waals surface area contributed by atoms with Crippen LogP contribution in [0.15, 0.2) is 18.2 Å². The Kier molecular flexibility index (Phi) is 5.26. The van der Waals surface area contributed by atoms with Gasteiger partial charge in [0.15, 0.2) is 0 Å². The highest BCUT2D eigenvalue weighted by molar-refractivity contribution is 5.99. The fourth-order valence-corrected chi connectivity index (χ4v) is 1.43. The SMILES string of the molecule is CN(C)C(C)(C)CNC(=O)Nc1cc(F)ccc1C(=O)O. The molecule has 0 saturated carbocycles. The number of urea groups is 1. The number of carbonyl (C=O) groups is 2. The number of carboxylic acids is 1. The first-order valence-corrected chi connectivity index (χ1v) is 6.38. The van der Waals surface area contributed by atoms with Crippen molar-refractivity contribution >= 4 is 17.7 Å². The molecule has 0 saturated heterocycles. The summed E-state index contributed by atoms with van der Waals surface area (Å²) in [5, 5.41) is 14.0. The fourth-order valence-electron chi connectivity index (χ4n) is 1.43. The van der Waals surface area contributed by atoms with Crippen LogP contribution in [0.2, 0.25) is 0 Å². The normalized spacial score (nSPS) is 11.3. The van der Waals surface area contributed by atoms with E-state index in [-0.39, 0.29) is 16.8 Å². The van der Waals surface area contributed by atoms with Crippen LogP contribution in [-0.2, 0) is 0 Å². The maximum atomic E-state index is 13.2. The summed E-state index contributed by atoms with van der Waals surface area (Å²) < 4.78 is 13.2. The number of aromatic carboxylic acids is 1. The van der Waals surface area contributed by atoms with Crippen molar-refractivity contribution < 1.29 is 19.1 Å². The first-order chi connectivity index (χ1) is 9.63. The Morgan fingerprint density at radius 2 is 1.95 bits per heavy atom. The standard InChI is InChI=1S/C14H20FN3O3/c1-14(2,18(3)4)8-16-13(21)17-11-7-9(15)5-6-10(11)12(19)20/h5-7H,8H2,1-4H3,(H,19,20)(H2,16,17,21). The molecule has 0 atom stereocenters. The Bertz CT molecular complexity index is 544. The van der Waals surface area contributed by atoms with Crippen molar-refractivity contribution in [3.63, 3.8) is 0 Å². The third-order valence-electron chi connectivity index (χ3n) is 3.35. The molecule has 116 valence electrons. The second-order valence-corrected chi connectivity index (χ2v) is 5.51. The molecule has 0 heterocycles. The van der Waals surface area contributed by atoms with E-state index in [9.17, 15) is 14.0 Å². The van der Waals surface area contributed by atoms with Crippen LogP contribution in [0.1, 0.15) is 24.2 Å². The number of halogens is 1. The Labute approximate surface area is 122 Å². The lowest BCUT2D eigenvalue weighted by molar-refractivity contribution is 0.0698. The Morgan fingerprint density at radius 3 is 2.48 bits per heavy atom. The van der Waals surface area contributed by atoms with Gasteiger partial charge in [0.25, 0.3) is 0 Å². The molecule has 0 fully saturated rings. The first-order valence-electron chi connectivity index (χ1n) is 6.38. The molecule has 0 unspecified atom stereocenters. The second kappa shape index (κ2) is 6.53. The van der Waals surface area contributed by atoms with E-state index in [1.807, 2.05) is 32.8 Å². The topological polar surface area (TPSA) is 81.7 Å². The average molecular weight is 297 g/mol. The van der Waals surface area contributed by atoms with Gasteiger partial charge in [0.2, 0.25) is 0 Å². The molecule has 6 nitrogen and oxygen atoms in total. The number of nitrogens with one attached hydrogen (secondary N) is 2. The van der Waals surface area contributed by atoms with E-state index < -0.39 is 17.8 Å². The summed E-state index contributed by atoms with van der Waals surface area (Å²) in [6, 6.07) is 2.52. The van der Waals surface area contributed by atoms with Crippen molar-refractivity contribution in [2.75, 3.05) is 26.0 Å². The second-order valence-electron chi connectivity index (χ2n) is 5.51. The molecule has 3 N–H and O–H groups in total. The largest absolute Gasteiger partial charge is 0.478 e. The minimum atomic E-state index is -1.24. The molecule has 0 aliphatic heterocycles. The van der Waals surface area contributed by atoms with Gasteiger partial charge in [0.05, 0.1) is 11.3 Å². The van der Waals surface area contributed by atoms with Crippen LogP contribution in [0.5, 0.6) is 0 Å². The maximum Gasteiger partial charge on any atom is 0.337 e. The number of rotatable bonds is 5. The number of likely N-dealkylation sites (N-methyl/N-ethyl adjacent to an activating group) is 1. The summed E-state index contributed by atoms with van der Waals surface area (Å²) in [7, 11) is 3.77. The molecular formula is C14H20FN3O3. The summed E-state index contributed by atoms with van der Waals surface area (Å²) in [6.45, 7) is 4.24. The molecule has 0 radical (unpaired) electrons. The van der Waals surface area contributed by atoms with E-state index in [2.05, 4.69) is 10.6 Å². The molecular weight excluding hydrogens is 277 g/mol. The minimum absolute atomic E-state index is 0.0809. The van der Waals surface area contributed by atoms with Crippen LogP contribution in [-0.4, -0.2) is 48.2 Å². The highest BCUT2D eigenvalue weighted by Gasteiger charge is 2.21. The predicted octanol–water partition coefficient (Wildman–Crippen LogP) is 1.99. The number of anilines is 1. The number of benzene rings is 1. The Morgan fingerprint density at radius 1 is 1.33 bits per heavy atom. The van der Waals surface area contributed by atoms with Gasteiger partial charge in [0, 0.05) is 12.1 Å². The number of amides is 2. The van der Waals surface area contributed by atoms with Gasteiger partial charge < -0.3 is 20.6 Å². The molecule has 0 aromatic heterocycles. The third-order valence-corrected chi connectivity index (χ3v) is 3.35. The molecule has 0 aliphatic carbocycles. The van der Waals surface area contributed by atoms with Crippen molar-refractivity contribution in [2.24, 2.45) is 0 Å². The fraction of sp³-hybridized carbons (Fsp3) is 0.429. The summed E-state index contributed by atoms with van der Waals surface area (Å²) >= 11 is 0. The Hall–Kier alpha value is -2.15. The van der Waals surface area contributed by atoms with Gasteiger partial charge in [-0.05, 0) is 46.1 Å². The lowest BCUT2D eigenvalue weighted by Crippen LogP contribution is -2.49. The van der Waals surface area contributed by atoms with Crippen LogP contribution in [0.25, 0.3) is 0 Å². The monoisotopic (exact) mass is 297 g/mol. The van der Waals surface area contributed by atoms with E-state index >= 15 is 0 Å². The lowest BCUT2D eigenvalue weighted by atomic mass is 10.0. The third kappa shape index (κ3) is 4.71. The molecule has 1 aromatic rings. The van der Waals surface area contributed by atoms with Crippen LogP contribution >= 0.6 is 0 Å². The average Bonchev–Trinajstić information content (AvgIpc) is 2.36. The number of carboxylic acid groups (broad SMARTS) is 1. The van der Waals surface area contributed by atoms with Crippen molar-refractivity contribution in [1.82, 2.24) is 10.2 Å². The highest BCUT2D eigenvalue weighted by atomic mass is 19.1. The van der Waals surface area contributed by atoms with Crippen molar-refractivity contribution in [2.45, 2.75) is 19.4 Å². The predicted molar refractivity (Wildman–Crippen MR) is 78.1 cm³/mol. The number of hydrogen-bond acceptors (Lipinski definition) is 3.